The van der Waals surface area contributed by atoms with E-state index in [9.17, 15) is 31.5 Å². The summed E-state index contributed by atoms with van der Waals surface area (Å²) in [7, 11) is 0. The SMILES string of the molecule is O=C(Nc1cccc(C(=O)Nc2cccc(C(F)(F)F)c2)c1)c1cc(F)cc(F)c1. The molecular formula is C21H13F5N2O2. The number of alkyl halides is 3. The maximum absolute atomic E-state index is 13.3. The van der Waals surface area contributed by atoms with Crippen LogP contribution in [-0.2, 0) is 6.18 Å². The van der Waals surface area contributed by atoms with Crippen molar-refractivity contribution in [1.82, 2.24) is 0 Å². The van der Waals surface area contributed by atoms with Gasteiger partial charge in [-0.2, -0.15) is 13.2 Å². The molecule has 0 bridgehead atoms. The third kappa shape index (κ3) is 5.19. The molecule has 2 N–H and O–H groups in total. The highest BCUT2D eigenvalue weighted by Gasteiger charge is 2.30. The lowest BCUT2D eigenvalue weighted by molar-refractivity contribution is -0.137. The summed E-state index contributed by atoms with van der Waals surface area (Å²) in [5.41, 5.74) is -1.02. The maximum Gasteiger partial charge on any atom is 0.416 e. The summed E-state index contributed by atoms with van der Waals surface area (Å²) in [5.74, 6) is -3.35. The Hall–Kier alpha value is -3.75. The van der Waals surface area contributed by atoms with Crippen molar-refractivity contribution < 1.29 is 31.5 Å². The van der Waals surface area contributed by atoms with E-state index in [2.05, 4.69) is 10.6 Å². The van der Waals surface area contributed by atoms with E-state index < -0.39 is 35.2 Å². The van der Waals surface area contributed by atoms with Crippen LogP contribution in [-0.4, -0.2) is 11.8 Å². The number of anilines is 2. The van der Waals surface area contributed by atoms with Gasteiger partial charge in [0.25, 0.3) is 11.8 Å². The van der Waals surface area contributed by atoms with Gasteiger partial charge < -0.3 is 10.6 Å². The Labute approximate surface area is 167 Å². The summed E-state index contributed by atoms with van der Waals surface area (Å²) in [6.45, 7) is 0. The second-order valence-electron chi connectivity index (χ2n) is 6.23. The number of hydrogen-bond acceptors (Lipinski definition) is 2. The van der Waals surface area contributed by atoms with Crippen molar-refractivity contribution in [3.63, 3.8) is 0 Å². The van der Waals surface area contributed by atoms with Crippen LogP contribution in [0.2, 0.25) is 0 Å². The van der Waals surface area contributed by atoms with Gasteiger partial charge in [0.05, 0.1) is 5.56 Å². The number of carbonyl (C=O) groups is 2. The molecule has 9 heteroatoms. The van der Waals surface area contributed by atoms with Crippen LogP contribution in [0.25, 0.3) is 0 Å². The van der Waals surface area contributed by atoms with Crippen LogP contribution in [0, 0.1) is 11.6 Å². The molecule has 0 spiro atoms. The van der Waals surface area contributed by atoms with E-state index in [1.165, 1.54) is 30.3 Å². The molecule has 4 nitrogen and oxygen atoms in total. The van der Waals surface area contributed by atoms with Gasteiger partial charge in [0.2, 0.25) is 0 Å². The van der Waals surface area contributed by atoms with Crippen molar-refractivity contribution in [1.29, 1.82) is 0 Å². The van der Waals surface area contributed by atoms with Gasteiger partial charge in [-0.05, 0) is 48.5 Å². The third-order valence-corrected chi connectivity index (χ3v) is 3.96. The molecule has 0 atom stereocenters. The van der Waals surface area contributed by atoms with Crippen LogP contribution < -0.4 is 10.6 Å². The van der Waals surface area contributed by atoms with Gasteiger partial charge >= 0.3 is 6.18 Å². The van der Waals surface area contributed by atoms with Crippen LogP contribution in [0.3, 0.4) is 0 Å². The highest BCUT2D eigenvalue weighted by Crippen LogP contribution is 2.30. The summed E-state index contributed by atoms with van der Waals surface area (Å²) in [5, 5.41) is 4.75. The molecule has 3 rings (SSSR count). The molecule has 154 valence electrons. The summed E-state index contributed by atoms with van der Waals surface area (Å²) < 4.78 is 64.9. The molecule has 0 aromatic heterocycles. The zero-order valence-electron chi connectivity index (χ0n) is 15.1. The van der Waals surface area contributed by atoms with Crippen LogP contribution in [0.1, 0.15) is 26.3 Å². The highest BCUT2D eigenvalue weighted by atomic mass is 19.4. The fourth-order valence-electron chi connectivity index (χ4n) is 2.60. The first-order chi connectivity index (χ1) is 14.1. The summed E-state index contributed by atoms with van der Waals surface area (Å²) in [4.78, 5) is 24.5. The minimum absolute atomic E-state index is 0.0515. The first-order valence-corrected chi connectivity index (χ1v) is 8.48. The number of benzene rings is 3. The summed E-state index contributed by atoms with van der Waals surface area (Å²) in [6.07, 6.45) is -4.55. The smallest absolute Gasteiger partial charge is 0.322 e. The quantitative estimate of drug-likeness (QED) is 0.549. The Bertz CT molecular complexity index is 1090. The highest BCUT2D eigenvalue weighted by molar-refractivity contribution is 6.07. The van der Waals surface area contributed by atoms with Crippen LogP contribution in [0.5, 0.6) is 0 Å². The molecule has 2 amide bonds. The lowest BCUT2D eigenvalue weighted by Gasteiger charge is -2.11. The molecule has 3 aromatic carbocycles. The molecule has 3 aromatic rings. The van der Waals surface area contributed by atoms with Gasteiger partial charge in [0.15, 0.2) is 0 Å². The van der Waals surface area contributed by atoms with E-state index in [0.29, 0.717) is 6.07 Å². The van der Waals surface area contributed by atoms with Crippen molar-refractivity contribution >= 4 is 23.2 Å². The molecule has 0 aliphatic carbocycles. The second-order valence-corrected chi connectivity index (χ2v) is 6.23. The summed E-state index contributed by atoms with van der Waals surface area (Å²) in [6, 6.07) is 12.0. The maximum atomic E-state index is 13.3. The monoisotopic (exact) mass is 420 g/mol. The number of hydrogen-bond donors (Lipinski definition) is 2. The van der Waals surface area contributed by atoms with E-state index >= 15 is 0 Å². The van der Waals surface area contributed by atoms with E-state index in [0.717, 1.165) is 30.3 Å². The molecule has 0 heterocycles. The largest absolute Gasteiger partial charge is 0.416 e. The normalized spacial score (nSPS) is 11.1. The Morgan fingerprint density at radius 3 is 1.80 bits per heavy atom. The third-order valence-electron chi connectivity index (χ3n) is 3.96. The fraction of sp³-hybridized carbons (Fsp3) is 0.0476. The van der Waals surface area contributed by atoms with E-state index in [1.54, 1.807) is 0 Å². The fourth-order valence-corrected chi connectivity index (χ4v) is 2.60. The topological polar surface area (TPSA) is 58.2 Å². The van der Waals surface area contributed by atoms with Crippen molar-refractivity contribution in [2.45, 2.75) is 6.18 Å². The minimum Gasteiger partial charge on any atom is -0.322 e. The lowest BCUT2D eigenvalue weighted by atomic mass is 10.1. The Morgan fingerprint density at radius 2 is 1.20 bits per heavy atom. The van der Waals surface area contributed by atoms with Gasteiger partial charge in [-0.15, -0.1) is 0 Å². The Kier molecular flexibility index (Phi) is 5.81. The van der Waals surface area contributed by atoms with Gasteiger partial charge in [-0.25, -0.2) is 8.78 Å². The summed E-state index contributed by atoms with van der Waals surface area (Å²) >= 11 is 0. The molecule has 0 aliphatic rings. The Morgan fingerprint density at radius 1 is 0.667 bits per heavy atom. The molecular weight excluding hydrogens is 407 g/mol. The van der Waals surface area contributed by atoms with E-state index in [1.807, 2.05) is 0 Å². The second kappa shape index (κ2) is 8.32. The van der Waals surface area contributed by atoms with Crippen molar-refractivity contribution in [2.24, 2.45) is 0 Å². The van der Waals surface area contributed by atoms with E-state index in [-0.39, 0.29) is 22.5 Å². The zero-order chi connectivity index (χ0) is 21.9. The molecule has 0 saturated heterocycles. The first kappa shape index (κ1) is 21.0. The minimum atomic E-state index is -4.55. The lowest BCUT2D eigenvalue weighted by Crippen LogP contribution is -2.15. The molecule has 0 saturated carbocycles. The molecule has 0 radical (unpaired) electrons. The first-order valence-electron chi connectivity index (χ1n) is 8.48. The molecule has 0 aliphatic heterocycles. The van der Waals surface area contributed by atoms with Gasteiger partial charge in [-0.1, -0.05) is 12.1 Å². The number of halogens is 5. The van der Waals surface area contributed by atoms with Crippen LogP contribution in [0.4, 0.5) is 33.3 Å². The van der Waals surface area contributed by atoms with Crippen molar-refractivity contribution in [3.8, 4) is 0 Å². The molecule has 0 fully saturated rings. The van der Waals surface area contributed by atoms with E-state index in [4.69, 9.17) is 0 Å². The average molecular weight is 420 g/mol. The van der Waals surface area contributed by atoms with Crippen LogP contribution >= 0.6 is 0 Å². The van der Waals surface area contributed by atoms with Crippen LogP contribution in [0.15, 0.2) is 66.7 Å². The zero-order valence-corrected chi connectivity index (χ0v) is 15.1. The Balaban J connectivity index is 1.75. The number of carbonyl (C=O) groups excluding carboxylic acids is 2. The van der Waals surface area contributed by atoms with Gasteiger partial charge in [0, 0.05) is 28.6 Å². The average Bonchev–Trinajstić information content (AvgIpc) is 2.67. The number of rotatable bonds is 4. The van der Waals surface area contributed by atoms with Gasteiger partial charge in [-0.3, -0.25) is 9.59 Å². The predicted octanol–water partition coefficient (Wildman–Crippen LogP) is 5.49. The molecule has 30 heavy (non-hydrogen) atoms. The number of amides is 2. The standard InChI is InChI=1S/C21H13F5N2O2/c22-15-7-13(8-16(23)11-15)20(30)27-17-5-1-3-12(9-17)19(29)28-18-6-2-4-14(10-18)21(24,25)26/h1-11H,(H,27,30)(H,28,29). The predicted molar refractivity (Wildman–Crippen MR) is 100 cm³/mol. The molecule has 0 unspecified atom stereocenters. The van der Waals surface area contributed by atoms with Crippen molar-refractivity contribution in [2.75, 3.05) is 10.6 Å². The van der Waals surface area contributed by atoms with Gasteiger partial charge in [0.1, 0.15) is 11.6 Å². The van der Waals surface area contributed by atoms with Crippen molar-refractivity contribution in [3.05, 3.63) is 95.1 Å². The number of nitrogens with one attached hydrogen (secondary N) is 2.